The van der Waals surface area contributed by atoms with Crippen LogP contribution in [0.25, 0.3) is 0 Å². The van der Waals surface area contributed by atoms with Crippen LogP contribution in [0, 0.1) is 5.92 Å². The summed E-state index contributed by atoms with van der Waals surface area (Å²) in [7, 11) is 2.13. The van der Waals surface area contributed by atoms with Gasteiger partial charge >= 0.3 is 9.28 Å². The molecule has 2 atom stereocenters. The van der Waals surface area contributed by atoms with Crippen LogP contribution in [0.15, 0.2) is 0 Å². The molecule has 0 N–H and O–H groups in total. The summed E-state index contributed by atoms with van der Waals surface area (Å²) in [5, 5.41) is 0.756. The van der Waals surface area contributed by atoms with E-state index in [0.717, 1.165) is 5.92 Å². The van der Waals surface area contributed by atoms with Crippen molar-refractivity contribution in [1.82, 2.24) is 0 Å². The number of hydrogen-bond acceptors (Lipinski definition) is 2. The largest absolute Gasteiger partial charge is 0.400 e. The molecule has 2 unspecified atom stereocenters. The molecule has 100 valence electrons. The summed E-state index contributed by atoms with van der Waals surface area (Å²) in [5.41, 5.74) is 0. The fourth-order valence-electron chi connectivity index (χ4n) is 4.09. The van der Waals surface area contributed by atoms with Crippen LogP contribution in [0.2, 0.25) is 5.04 Å². The Morgan fingerprint density at radius 3 is 2.24 bits per heavy atom. The Labute approximate surface area is 112 Å². The third kappa shape index (κ3) is 2.72. The third-order valence-corrected chi connectivity index (χ3v) is 8.10. The van der Waals surface area contributed by atoms with Crippen LogP contribution in [0.1, 0.15) is 51.4 Å². The van der Waals surface area contributed by atoms with Crippen molar-refractivity contribution in [3.63, 3.8) is 0 Å². The molecule has 0 spiro atoms. The first-order chi connectivity index (χ1) is 8.23. The lowest BCUT2D eigenvalue weighted by atomic mass is 9.78. The number of rotatable bonds is 4. The summed E-state index contributed by atoms with van der Waals surface area (Å²) >= 11 is 6.38. The monoisotopic (exact) mass is 276 g/mol. The maximum Gasteiger partial charge on any atom is 0.327 e. The molecule has 0 saturated heterocycles. The molecule has 2 nitrogen and oxygen atoms in total. The normalized spacial score (nSPS) is 33.2. The summed E-state index contributed by atoms with van der Waals surface area (Å²) in [4.78, 5) is 0. The van der Waals surface area contributed by atoms with Crippen LogP contribution >= 0.6 is 11.6 Å². The van der Waals surface area contributed by atoms with Gasteiger partial charge in [-0.05, 0) is 38.0 Å². The maximum atomic E-state index is 6.38. The van der Waals surface area contributed by atoms with E-state index in [1.54, 1.807) is 0 Å². The first kappa shape index (κ1) is 13.8. The fraction of sp³-hybridized carbons (Fsp3) is 1.00. The van der Waals surface area contributed by atoms with E-state index in [1.165, 1.54) is 51.4 Å². The lowest BCUT2D eigenvalue weighted by Crippen LogP contribution is -2.42. The molecule has 4 heteroatoms. The Kier molecular flexibility index (Phi) is 4.93. The van der Waals surface area contributed by atoms with Crippen LogP contribution in [-0.4, -0.2) is 28.9 Å². The first-order valence-electron chi connectivity index (χ1n) is 6.92. The van der Waals surface area contributed by atoms with Gasteiger partial charge in [0.15, 0.2) is 0 Å². The first-order valence-corrected chi connectivity index (χ1v) is 8.88. The van der Waals surface area contributed by atoms with Crippen molar-refractivity contribution in [3.05, 3.63) is 0 Å². The molecular weight excluding hydrogens is 252 g/mol. The highest BCUT2D eigenvalue weighted by molar-refractivity contribution is 6.48. The predicted octanol–water partition coefficient (Wildman–Crippen LogP) is 3.61. The Balaban J connectivity index is 2.14. The van der Waals surface area contributed by atoms with E-state index in [9.17, 15) is 0 Å². The quantitative estimate of drug-likeness (QED) is 0.577. The van der Waals surface area contributed by atoms with Crippen molar-refractivity contribution >= 4 is 20.9 Å². The Morgan fingerprint density at radius 1 is 1.06 bits per heavy atom. The summed E-state index contributed by atoms with van der Waals surface area (Å²) < 4.78 is 11.5. The van der Waals surface area contributed by atoms with Crippen molar-refractivity contribution in [3.8, 4) is 0 Å². The Hall–Kier alpha value is 0.427. The number of alkyl halides is 1. The van der Waals surface area contributed by atoms with Crippen molar-refractivity contribution in [2.45, 2.75) is 61.8 Å². The molecular formula is C13H25ClO2Si. The van der Waals surface area contributed by atoms with Gasteiger partial charge in [-0.1, -0.05) is 19.3 Å². The highest BCUT2D eigenvalue weighted by atomic mass is 35.5. The lowest BCUT2D eigenvalue weighted by Gasteiger charge is -2.43. The smallest absolute Gasteiger partial charge is 0.327 e. The fourth-order valence-corrected chi connectivity index (χ4v) is 7.16. The molecule has 0 heterocycles. The van der Waals surface area contributed by atoms with E-state index in [1.807, 2.05) is 14.2 Å². The van der Waals surface area contributed by atoms with Crippen molar-refractivity contribution in [2.24, 2.45) is 5.92 Å². The van der Waals surface area contributed by atoms with Gasteiger partial charge < -0.3 is 8.85 Å². The van der Waals surface area contributed by atoms with Gasteiger partial charge in [-0.15, -0.1) is 11.6 Å². The second-order valence-electron chi connectivity index (χ2n) is 5.70. The summed E-state index contributed by atoms with van der Waals surface area (Å²) in [5.74, 6) is 0.748. The summed E-state index contributed by atoms with van der Waals surface area (Å²) in [6.45, 7) is 0. The highest BCUT2D eigenvalue weighted by Crippen LogP contribution is 2.57. The molecule has 0 aromatic rings. The van der Waals surface area contributed by atoms with Gasteiger partial charge in [0.05, 0.1) is 0 Å². The summed E-state index contributed by atoms with van der Waals surface area (Å²) in [6, 6.07) is 0. The predicted molar refractivity (Wildman–Crippen MR) is 73.9 cm³/mol. The molecule has 0 amide bonds. The van der Waals surface area contributed by atoms with Crippen molar-refractivity contribution in [1.29, 1.82) is 0 Å². The maximum absolute atomic E-state index is 6.38. The zero-order chi connectivity index (χ0) is 12.3. The van der Waals surface area contributed by atoms with Crippen LogP contribution < -0.4 is 0 Å². The average Bonchev–Trinajstić information content (AvgIpc) is 2.81. The Morgan fingerprint density at radius 2 is 1.71 bits per heavy atom. The molecule has 0 radical (unpaired) electrons. The van der Waals surface area contributed by atoms with E-state index in [-0.39, 0.29) is 0 Å². The van der Waals surface area contributed by atoms with E-state index >= 15 is 0 Å². The minimum atomic E-state index is -1.54. The molecule has 2 aliphatic rings. The molecule has 0 aromatic carbocycles. The molecule has 0 bridgehead atoms. The molecule has 2 rings (SSSR count). The molecule has 2 saturated carbocycles. The van der Waals surface area contributed by atoms with E-state index in [4.69, 9.17) is 20.5 Å². The molecule has 17 heavy (non-hydrogen) atoms. The van der Waals surface area contributed by atoms with Gasteiger partial charge in [0.1, 0.15) is 0 Å². The number of hydrogen-bond donors (Lipinski definition) is 0. The van der Waals surface area contributed by atoms with Gasteiger partial charge in [-0.3, -0.25) is 0 Å². The van der Waals surface area contributed by atoms with Crippen LogP contribution in [0.3, 0.4) is 0 Å². The van der Waals surface area contributed by atoms with Crippen LogP contribution in [-0.2, 0) is 8.85 Å². The minimum Gasteiger partial charge on any atom is -0.400 e. The minimum absolute atomic E-state index is 0.372. The van der Waals surface area contributed by atoms with E-state index in [2.05, 4.69) is 0 Å². The SMILES string of the molecule is CO[SiH](OC)C1(C2CCCC(Cl)C2)CCCC1. The molecule has 0 aromatic heterocycles. The van der Waals surface area contributed by atoms with E-state index in [0.29, 0.717) is 10.4 Å². The summed E-state index contributed by atoms with van der Waals surface area (Å²) in [6.07, 6.45) is 10.3. The highest BCUT2D eigenvalue weighted by Gasteiger charge is 2.50. The zero-order valence-electron chi connectivity index (χ0n) is 11.1. The van der Waals surface area contributed by atoms with Crippen LogP contribution in [0.4, 0.5) is 0 Å². The average molecular weight is 277 g/mol. The molecule has 2 fully saturated rings. The third-order valence-electron chi connectivity index (χ3n) is 4.86. The van der Waals surface area contributed by atoms with Gasteiger partial charge in [0, 0.05) is 24.6 Å². The van der Waals surface area contributed by atoms with Gasteiger partial charge in [-0.25, -0.2) is 0 Å². The van der Waals surface area contributed by atoms with Gasteiger partial charge in [0.2, 0.25) is 0 Å². The van der Waals surface area contributed by atoms with Crippen molar-refractivity contribution in [2.75, 3.05) is 14.2 Å². The van der Waals surface area contributed by atoms with Crippen LogP contribution in [0.5, 0.6) is 0 Å². The zero-order valence-corrected chi connectivity index (χ0v) is 13.0. The molecule has 0 aliphatic heterocycles. The molecule has 2 aliphatic carbocycles. The lowest BCUT2D eigenvalue weighted by molar-refractivity contribution is 0.178. The van der Waals surface area contributed by atoms with Crippen molar-refractivity contribution < 1.29 is 8.85 Å². The van der Waals surface area contributed by atoms with Gasteiger partial charge in [-0.2, -0.15) is 0 Å². The second kappa shape index (κ2) is 6.05. The van der Waals surface area contributed by atoms with E-state index < -0.39 is 9.28 Å². The Bertz CT molecular complexity index is 240. The number of halogens is 1. The topological polar surface area (TPSA) is 18.5 Å². The second-order valence-corrected chi connectivity index (χ2v) is 9.08. The standard InChI is InChI=1S/C13H25ClO2Si/c1-15-17(16-2)13(8-3-4-9-13)11-6-5-7-12(14)10-11/h11-12,17H,3-10H2,1-2H3. The van der Waals surface area contributed by atoms with Gasteiger partial charge in [0.25, 0.3) is 0 Å².